The lowest BCUT2D eigenvalue weighted by Gasteiger charge is -2.08. The van der Waals surface area contributed by atoms with E-state index in [-0.39, 0.29) is 45.0 Å². The zero-order chi connectivity index (χ0) is 19.2. The van der Waals surface area contributed by atoms with Crippen LogP contribution < -0.4 is 5.32 Å². The van der Waals surface area contributed by atoms with Crippen LogP contribution in [0.1, 0.15) is 39.4 Å². The molecule has 25 heavy (non-hydrogen) atoms. The normalized spacial score (nSPS) is 11.0. The number of ether oxygens (including phenoxy) is 2. The van der Waals surface area contributed by atoms with Crippen LogP contribution in [0, 0.1) is 6.92 Å². The Morgan fingerprint density at radius 3 is 2.24 bits per heavy atom. The lowest BCUT2D eigenvalue weighted by atomic mass is 10.1. The van der Waals surface area contributed by atoms with Crippen LogP contribution in [-0.4, -0.2) is 49.8 Å². The zero-order valence-corrected chi connectivity index (χ0v) is 16.1. The second-order valence-electron chi connectivity index (χ2n) is 4.42. The van der Waals surface area contributed by atoms with Gasteiger partial charge in [0, 0.05) is 0 Å². The predicted molar refractivity (Wildman–Crippen MR) is 91.8 cm³/mol. The number of hydrogen-bond acceptors (Lipinski definition) is 10. The third-order valence-corrected chi connectivity index (χ3v) is 5.75. The first kappa shape index (κ1) is 21.4. The van der Waals surface area contributed by atoms with Gasteiger partial charge in [-0.25, -0.2) is 18.0 Å². The third kappa shape index (κ3) is 6.30. The number of esters is 2. The van der Waals surface area contributed by atoms with Crippen molar-refractivity contribution in [2.24, 2.45) is 0 Å². The Labute approximate surface area is 152 Å². The first-order valence-electron chi connectivity index (χ1n) is 6.98. The van der Waals surface area contributed by atoms with Crippen molar-refractivity contribution in [3.8, 4) is 0 Å². The van der Waals surface area contributed by atoms with E-state index in [1.54, 1.807) is 13.8 Å². The van der Waals surface area contributed by atoms with E-state index < -0.39 is 32.7 Å². The van der Waals surface area contributed by atoms with Crippen LogP contribution in [0.25, 0.3) is 0 Å². The van der Waals surface area contributed by atoms with Crippen molar-refractivity contribution in [1.82, 2.24) is 0 Å². The highest BCUT2D eigenvalue weighted by molar-refractivity contribution is 8.70. The molecule has 0 saturated carbocycles. The van der Waals surface area contributed by atoms with E-state index in [0.29, 0.717) is 0 Å². The average Bonchev–Trinajstić information content (AvgIpc) is 2.81. The molecule has 0 fully saturated rings. The Kier molecular flexibility index (Phi) is 7.86. The molecule has 0 saturated heterocycles. The first-order chi connectivity index (χ1) is 11.6. The summed E-state index contributed by atoms with van der Waals surface area (Å²) in [6.07, 6.45) is 0. The molecular weight excluding hydrogens is 394 g/mol. The summed E-state index contributed by atoms with van der Waals surface area (Å²) in [6, 6.07) is 0. The molecule has 1 rings (SSSR count). The van der Waals surface area contributed by atoms with E-state index in [4.69, 9.17) is 9.47 Å². The van der Waals surface area contributed by atoms with Crippen molar-refractivity contribution in [2.75, 3.05) is 24.3 Å². The van der Waals surface area contributed by atoms with Gasteiger partial charge in [0.25, 0.3) is 0 Å². The molecule has 0 atom stereocenters. The fourth-order valence-electron chi connectivity index (χ4n) is 1.73. The fourth-order valence-corrected chi connectivity index (χ4v) is 3.91. The fraction of sp³-hybridized carbons (Fsp3) is 0.462. The van der Waals surface area contributed by atoms with Crippen LogP contribution in [0.2, 0.25) is 0 Å². The molecule has 0 unspecified atom stereocenters. The summed E-state index contributed by atoms with van der Waals surface area (Å²) in [7, 11) is -4.71. The van der Waals surface area contributed by atoms with Gasteiger partial charge in [-0.15, -0.1) is 11.3 Å². The molecule has 9 nitrogen and oxygen atoms in total. The Bertz CT molecular complexity index is 768. The maximum atomic E-state index is 12.1. The summed E-state index contributed by atoms with van der Waals surface area (Å²) in [5, 5.41) is 2.35. The van der Waals surface area contributed by atoms with Crippen molar-refractivity contribution < 1.29 is 36.8 Å². The molecule has 12 heteroatoms. The summed E-state index contributed by atoms with van der Waals surface area (Å²) in [4.78, 5) is 36.0. The molecule has 0 radical (unpaired) electrons. The van der Waals surface area contributed by atoms with Crippen LogP contribution in [0.5, 0.6) is 0 Å². The Morgan fingerprint density at radius 2 is 1.72 bits per heavy atom. The van der Waals surface area contributed by atoms with Gasteiger partial charge in [-0.2, -0.15) is 0 Å². The smallest absolute Gasteiger partial charge is 0.348 e. The third-order valence-electron chi connectivity index (χ3n) is 2.67. The molecule has 0 spiro atoms. The number of carbonyl (C=O) groups excluding carboxylic acids is 3. The van der Waals surface area contributed by atoms with Crippen LogP contribution in [0.15, 0.2) is 0 Å². The highest BCUT2D eigenvalue weighted by Crippen LogP contribution is 2.34. The van der Waals surface area contributed by atoms with Gasteiger partial charge < -0.3 is 19.3 Å². The summed E-state index contributed by atoms with van der Waals surface area (Å²) >= 11 is 0.806. The molecule has 0 aliphatic heterocycles. The Morgan fingerprint density at radius 1 is 1.16 bits per heavy atom. The van der Waals surface area contributed by atoms with Crippen molar-refractivity contribution in [1.29, 1.82) is 0 Å². The molecule has 0 aliphatic carbocycles. The largest absolute Gasteiger partial charge is 0.739 e. The van der Waals surface area contributed by atoms with Crippen LogP contribution in [0.3, 0.4) is 0 Å². The summed E-state index contributed by atoms with van der Waals surface area (Å²) in [6.45, 7) is 4.93. The lowest BCUT2D eigenvalue weighted by Crippen LogP contribution is -2.17. The van der Waals surface area contributed by atoms with Gasteiger partial charge in [-0.05, 0) is 37.1 Å². The topological polar surface area (TPSA) is 139 Å². The SMILES string of the molecule is CCOC(=O)c1sc(NC(=O)CSS(=O)(=O)[O-])c(C(=O)OCC)c1C. The van der Waals surface area contributed by atoms with Crippen molar-refractivity contribution in [2.45, 2.75) is 20.8 Å². The molecule has 1 amide bonds. The number of hydrogen-bond donors (Lipinski definition) is 1. The zero-order valence-electron chi connectivity index (χ0n) is 13.6. The lowest BCUT2D eigenvalue weighted by molar-refractivity contribution is -0.113. The van der Waals surface area contributed by atoms with E-state index in [1.165, 1.54) is 6.92 Å². The highest BCUT2D eigenvalue weighted by atomic mass is 33.1. The van der Waals surface area contributed by atoms with Gasteiger partial charge in [-0.3, -0.25) is 4.79 Å². The summed E-state index contributed by atoms with van der Waals surface area (Å²) in [5.74, 6) is -2.87. The maximum Gasteiger partial charge on any atom is 0.348 e. The van der Waals surface area contributed by atoms with E-state index in [1.807, 2.05) is 0 Å². The van der Waals surface area contributed by atoms with E-state index >= 15 is 0 Å². The van der Waals surface area contributed by atoms with Crippen molar-refractivity contribution in [3.05, 3.63) is 16.0 Å². The highest BCUT2D eigenvalue weighted by Gasteiger charge is 2.27. The quantitative estimate of drug-likeness (QED) is 0.384. The minimum Gasteiger partial charge on any atom is -0.739 e. The number of nitrogens with one attached hydrogen (secondary N) is 1. The van der Waals surface area contributed by atoms with E-state index in [9.17, 15) is 27.4 Å². The van der Waals surface area contributed by atoms with Crippen LogP contribution >= 0.6 is 22.1 Å². The second-order valence-corrected chi connectivity index (χ2v) is 8.71. The summed E-state index contributed by atoms with van der Waals surface area (Å²) in [5.41, 5.74) is 0.263. The molecular formula is C13H16NO8S3-. The van der Waals surface area contributed by atoms with Crippen molar-refractivity contribution in [3.63, 3.8) is 0 Å². The van der Waals surface area contributed by atoms with E-state index in [2.05, 4.69) is 5.32 Å². The molecule has 1 aromatic rings. The maximum absolute atomic E-state index is 12.1. The number of anilines is 1. The standard InChI is InChI=1S/C13H17NO8S3/c1-4-21-12(16)9-7(3)10(13(17)22-5-2)24-11(9)14-8(15)6-23-25(18,19)20/h4-6H2,1-3H3,(H,14,15)(H,18,19,20)/p-1. The van der Waals surface area contributed by atoms with Gasteiger partial charge in [-0.1, -0.05) is 0 Å². The Balaban J connectivity index is 3.14. The molecule has 140 valence electrons. The van der Waals surface area contributed by atoms with Crippen LogP contribution in [-0.2, 0) is 23.4 Å². The predicted octanol–water partition coefficient (Wildman–Crippen LogP) is 1.54. The van der Waals surface area contributed by atoms with Gasteiger partial charge in [0.1, 0.15) is 19.0 Å². The molecule has 1 N–H and O–H groups in total. The first-order valence-corrected chi connectivity index (χ1v) is 10.7. The number of thiophene rings is 1. The van der Waals surface area contributed by atoms with Gasteiger partial charge in [0.05, 0.1) is 24.5 Å². The molecule has 0 aliphatic rings. The number of amides is 1. The van der Waals surface area contributed by atoms with Gasteiger partial charge in [0.15, 0.2) is 0 Å². The van der Waals surface area contributed by atoms with Crippen LogP contribution in [0.4, 0.5) is 5.00 Å². The number of rotatable bonds is 8. The minimum absolute atomic E-state index is 0.0155. The number of carbonyl (C=O) groups is 3. The van der Waals surface area contributed by atoms with Gasteiger partial charge in [0.2, 0.25) is 5.91 Å². The van der Waals surface area contributed by atoms with Crippen molar-refractivity contribution >= 4 is 54.1 Å². The molecule has 1 heterocycles. The average molecular weight is 410 g/mol. The van der Waals surface area contributed by atoms with Gasteiger partial charge >= 0.3 is 11.9 Å². The Hall–Kier alpha value is -1.63. The van der Waals surface area contributed by atoms with E-state index in [0.717, 1.165) is 11.3 Å². The monoisotopic (exact) mass is 410 g/mol. The second kappa shape index (κ2) is 9.17. The molecule has 0 bridgehead atoms. The minimum atomic E-state index is -4.63. The molecule has 1 aromatic heterocycles. The summed E-state index contributed by atoms with van der Waals surface area (Å²) < 4.78 is 41.5. The molecule has 0 aromatic carbocycles.